The van der Waals surface area contributed by atoms with E-state index in [2.05, 4.69) is 11.0 Å². The Labute approximate surface area is 191 Å². The average molecular weight is 440 g/mol. The molecule has 1 amide bonds. The van der Waals surface area contributed by atoms with Gasteiger partial charge in [0.1, 0.15) is 23.6 Å². The minimum Gasteiger partial charge on any atom is -0.497 e. The summed E-state index contributed by atoms with van der Waals surface area (Å²) < 4.78 is 16.0. The third kappa shape index (κ3) is 8.48. The Kier molecular flexibility index (Phi) is 9.36. The molecule has 0 saturated heterocycles. The predicted octanol–water partition coefficient (Wildman–Crippen LogP) is 4.47. The quantitative estimate of drug-likeness (QED) is 0.509. The van der Waals surface area contributed by atoms with E-state index in [0.717, 1.165) is 22.6 Å². The molecular formula is C25H33N3O4. The highest BCUT2D eigenvalue weighted by molar-refractivity contribution is 5.68. The molecule has 32 heavy (non-hydrogen) atoms. The van der Waals surface area contributed by atoms with Crippen LogP contribution in [-0.4, -0.2) is 55.3 Å². The van der Waals surface area contributed by atoms with E-state index >= 15 is 0 Å². The second-order valence-electron chi connectivity index (χ2n) is 8.47. The van der Waals surface area contributed by atoms with E-state index in [1.807, 2.05) is 69.3 Å². The molecule has 2 rings (SSSR count). The van der Waals surface area contributed by atoms with Crippen molar-refractivity contribution in [1.82, 2.24) is 9.80 Å². The van der Waals surface area contributed by atoms with Gasteiger partial charge in [-0.25, -0.2) is 4.79 Å². The minimum absolute atomic E-state index is 0.0200. The van der Waals surface area contributed by atoms with Gasteiger partial charge in [-0.05, 0) is 56.2 Å². The topological polar surface area (TPSA) is 75.0 Å². The lowest BCUT2D eigenvalue weighted by Gasteiger charge is -2.29. The van der Waals surface area contributed by atoms with Crippen LogP contribution in [0.3, 0.4) is 0 Å². The van der Waals surface area contributed by atoms with Crippen molar-refractivity contribution in [3.05, 3.63) is 59.7 Å². The van der Waals surface area contributed by atoms with Crippen LogP contribution in [0, 0.1) is 11.3 Å². The molecule has 0 heterocycles. The molecule has 0 fully saturated rings. The molecule has 0 saturated carbocycles. The average Bonchev–Trinajstić information content (AvgIpc) is 2.76. The standard InChI is InChI=1S/C25H33N3O4/c1-25(2,3)32-24(29)28(15-14-26)17-16-27(18-20-6-10-22(30-4)11-7-20)19-21-8-12-23(31-5)13-9-21/h6-13H,15-19H2,1-5H3. The van der Waals surface area contributed by atoms with Crippen LogP contribution < -0.4 is 9.47 Å². The van der Waals surface area contributed by atoms with Gasteiger partial charge in [0.25, 0.3) is 0 Å². The van der Waals surface area contributed by atoms with Crippen LogP contribution in [0.4, 0.5) is 4.79 Å². The Morgan fingerprint density at radius 2 is 1.34 bits per heavy atom. The molecular weight excluding hydrogens is 406 g/mol. The third-order valence-electron chi connectivity index (χ3n) is 4.73. The Morgan fingerprint density at radius 1 is 0.875 bits per heavy atom. The summed E-state index contributed by atoms with van der Waals surface area (Å²) in [5, 5.41) is 9.18. The number of amides is 1. The molecule has 0 aliphatic heterocycles. The zero-order valence-corrected chi connectivity index (χ0v) is 19.6. The van der Waals surface area contributed by atoms with Gasteiger partial charge in [0.2, 0.25) is 0 Å². The Morgan fingerprint density at radius 3 is 1.72 bits per heavy atom. The number of benzene rings is 2. The number of nitrogens with zero attached hydrogens (tertiary/aromatic N) is 3. The second-order valence-corrected chi connectivity index (χ2v) is 8.47. The molecule has 0 bridgehead atoms. The van der Waals surface area contributed by atoms with E-state index in [9.17, 15) is 10.1 Å². The molecule has 2 aromatic carbocycles. The molecule has 7 nitrogen and oxygen atoms in total. The lowest BCUT2D eigenvalue weighted by Crippen LogP contribution is -2.41. The fourth-order valence-electron chi connectivity index (χ4n) is 3.10. The van der Waals surface area contributed by atoms with Gasteiger partial charge in [-0.1, -0.05) is 24.3 Å². The van der Waals surface area contributed by atoms with Gasteiger partial charge >= 0.3 is 6.09 Å². The lowest BCUT2D eigenvalue weighted by atomic mass is 10.1. The van der Waals surface area contributed by atoms with Gasteiger partial charge < -0.3 is 14.2 Å². The summed E-state index contributed by atoms with van der Waals surface area (Å²) in [7, 11) is 3.29. The van der Waals surface area contributed by atoms with Crippen LogP contribution in [0.2, 0.25) is 0 Å². The van der Waals surface area contributed by atoms with Crippen LogP contribution in [0.25, 0.3) is 0 Å². The van der Waals surface area contributed by atoms with Crippen molar-refractivity contribution in [2.24, 2.45) is 0 Å². The summed E-state index contributed by atoms with van der Waals surface area (Å²) in [5.74, 6) is 1.61. The first-order chi connectivity index (χ1) is 15.2. The molecule has 0 aromatic heterocycles. The van der Waals surface area contributed by atoms with E-state index in [1.165, 1.54) is 4.90 Å². The van der Waals surface area contributed by atoms with Gasteiger partial charge in [0.05, 0.1) is 20.3 Å². The van der Waals surface area contributed by atoms with Crippen molar-refractivity contribution in [2.75, 3.05) is 33.9 Å². The number of carbonyl (C=O) groups is 1. The van der Waals surface area contributed by atoms with Gasteiger partial charge in [-0.3, -0.25) is 9.80 Å². The Balaban J connectivity index is 2.13. The zero-order chi connectivity index (χ0) is 23.6. The molecule has 2 aromatic rings. The van der Waals surface area contributed by atoms with Crippen molar-refractivity contribution >= 4 is 6.09 Å². The minimum atomic E-state index is -0.614. The lowest BCUT2D eigenvalue weighted by molar-refractivity contribution is 0.0255. The van der Waals surface area contributed by atoms with E-state index in [1.54, 1.807) is 14.2 Å². The maximum absolute atomic E-state index is 12.5. The zero-order valence-electron chi connectivity index (χ0n) is 19.6. The van der Waals surface area contributed by atoms with Gasteiger partial charge in [0.15, 0.2) is 0 Å². The van der Waals surface area contributed by atoms with Gasteiger partial charge in [-0.2, -0.15) is 5.26 Å². The molecule has 0 aliphatic rings. The van der Waals surface area contributed by atoms with Crippen LogP contribution in [-0.2, 0) is 17.8 Å². The molecule has 0 atom stereocenters. The van der Waals surface area contributed by atoms with E-state index in [-0.39, 0.29) is 6.54 Å². The largest absolute Gasteiger partial charge is 0.497 e. The molecule has 7 heteroatoms. The normalized spacial score (nSPS) is 11.0. The first-order valence-electron chi connectivity index (χ1n) is 10.6. The number of carbonyl (C=O) groups excluding carboxylic acids is 1. The number of rotatable bonds is 10. The third-order valence-corrected chi connectivity index (χ3v) is 4.73. The Hall–Kier alpha value is -3.24. The highest BCUT2D eigenvalue weighted by Gasteiger charge is 2.22. The SMILES string of the molecule is COc1ccc(CN(CCN(CC#N)C(=O)OC(C)(C)C)Cc2ccc(OC)cc2)cc1. The molecule has 0 unspecified atom stereocenters. The summed E-state index contributed by atoms with van der Waals surface area (Å²) in [4.78, 5) is 16.2. The first-order valence-corrected chi connectivity index (χ1v) is 10.6. The molecule has 172 valence electrons. The van der Waals surface area contributed by atoms with E-state index in [4.69, 9.17) is 14.2 Å². The summed E-state index contributed by atoms with van der Waals surface area (Å²) >= 11 is 0. The fourth-order valence-corrected chi connectivity index (χ4v) is 3.10. The fraction of sp³-hybridized carbons (Fsp3) is 0.440. The second kappa shape index (κ2) is 12.0. The predicted molar refractivity (Wildman–Crippen MR) is 124 cm³/mol. The van der Waals surface area contributed by atoms with Crippen molar-refractivity contribution in [2.45, 2.75) is 39.5 Å². The monoisotopic (exact) mass is 439 g/mol. The van der Waals surface area contributed by atoms with Crippen molar-refractivity contribution in [1.29, 1.82) is 5.26 Å². The summed E-state index contributed by atoms with van der Waals surface area (Å²) in [6.45, 7) is 7.76. The number of nitriles is 1. The number of hydrogen-bond donors (Lipinski definition) is 0. The van der Waals surface area contributed by atoms with Crippen LogP contribution in [0.15, 0.2) is 48.5 Å². The highest BCUT2D eigenvalue weighted by atomic mass is 16.6. The van der Waals surface area contributed by atoms with Crippen molar-refractivity contribution in [3.63, 3.8) is 0 Å². The van der Waals surface area contributed by atoms with Crippen LogP contribution >= 0.6 is 0 Å². The highest BCUT2D eigenvalue weighted by Crippen LogP contribution is 2.17. The summed E-state index contributed by atoms with van der Waals surface area (Å²) in [5.41, 5.74) is 1.64. The van der Waals surface area contributed by atoms with Crippen LogP contribution in [0.5, 0.6) is 11.5 Å². The summed E-state index contributed by atoms with van der Waals surface area (Å²) in [6, 6.07) is 17.9. The number of methoxy groups -OCH3 is 2. The molecule has 0 spiro atoms. The maximum Gasteiger partial charge on any atom is 0.411 e. The van der Waals surface area contributed by atoms with Crippen LogP contribution in [0.1, 0.15) is 31.9 Å². The summed E-state index contributed by atoms with van der Waals surface area (Å²) in [6.07, 6.45) is -0.479. The van der Waals surface area contributed by atoms with Gasteiger partial charge in [0, 0.05) is 26.2 Å². The molecule has 0 radical (unpaired) electrons. The molecule has 0 N–H and O–H groups in total. The Bertz CT molecular complexity index is 834. The van der Waals surface area contributed by atoms with Crippen molar-refractivity contribution in [3.8, 4) is 17.6 Å². The maximum atomic E-state index is 12.5. The van der Waals surface area contributed by atoms with E-state index < -0.39 is 11.7 Å². The van der Waals surface area contributed by atoms with E-state index in [0.29, 0.717) is 26.2 Å². The first kappa shape index (κ1) is 25.0. The van der Waals surface area contributed by atoms with Crippen molar-refractivity contribution < 1.29 is 19.0 Å². The smallest absolute Gasteiger partial charge is 0.411 e. The molecule has 0 aliphatic carbocycles. The number of ether oxygens (including phenoxy) is 3. The van der Waals surface area contributed by atoms with Gasteiger partial charge in [-0.15, -0.1) is 0 Å². The number of hydrogen-bond acceptors (Lipinski definition) is 6.